The third-order valence-electron chi connectivity index (χ3n) is 3.58. The molecule has 0 radical (unpaired) electrons. The molecule has 2 heterocycles. The lowest BCUT2D eigenvalue weighted by molar-refractivity contribution is 0.257. The van der Waals surface area contributed by atoms with Gasteiger partial charge in [0.25, 0.3) is 5.89 Å². The van der Waals surface area contributed by atoms with Crippen LogP contribution in [0.4, 0.5) is 0 Å². The number of benzene rings is 1. The summed E-state index contributed by atoms with van der Waals surface area (Å²) in [5.74, 6) is 3.64. The SMILES string of the molecule is Cc1cc(O)ccc1-c1nc(C2CSCCN2C)no1. The maximum atomic E-state index is 9.45. The molecule has 106 valence electrons. The van der Waals surface area contributed by atoms with E-state index >= 15 is 0 Å². The molecule has 5 nitrogen and oxygen atoms in total. The van der Waals surface area contributed by atoms with Gasteiger partial charge in [-0.3, -0.25) is 4.90 Å². The molecule has 2 aromatic rings. The van der Waals surface area contributed by atoms with E-state index in [9.17, 15) is 5.11 Å². The zero-order valence-corrected chi connectivity index (χ0v) is 12.4. The van der Waals surface area contributed by atoms with Crippen molar-refractivity contribution in [3.63, 3.8) is 0 Å². The number of rotatable bonds is 2. The Morgan fingerprint density at radius 3 is 3.05 bits per heavy atom. The Bertz CT molecular complexity index is 614. The molecule has 1 fully saturated rings. The minimum absolute atomic E-state index is 0.212. The molecule has 0 bridgehead atoms. The molecule has 0 spiro atoms. The van der Waals surface area contributed by atoms with Gasteiger partial charge in [0.15, 0.2) is 5.82 Å². The number of aromatic nitrogens is 2. The highest BCUT2D eigenvalue weighted by molar-refractivity contribution is 7.99. The van der Waals surface area contributed by atoms with Gasteiger partial charge in [-0.1, -0.05) is 5.16 Å². The fourth-order valence-electron chi connectivity index (χ4n) is 2.33. The molecule has 3 rings (SSSR count). The number of aryl methyl sites for hydroxylation is 1. The van der Waals surface area contributed by atoms with E-state index < -0.39 is 0 Å². The van der Waals surface area contributed by atoms with Gasteiger partial charge in [-0.15, -0.1) is 0 Å². The molecule has 0 saturated carbocycles. The molecule has 1 unspecified atom stereocenters. The lowest BCUT2D eigenvalue weighted by Gasteiger charge is -2.29. The summed E-state index contributed by atoms with van der Waals surface area (Å²) in [7, 11) is 2.09. The van der Waals surface area contributed by atoms with Crippen molar-refractivity contribution >= 4 is 11.8 Å². The molecule has 20 heavy (non-hydrogen) atoms. The highest BCUT2D eigenvalue weighted by atomic mass is 32.2. The zero-order valence-electron chi connectivity index (χ0n) is 11.5. The Balaban J connectivity index is 1.89. The summed E-state index contributed by atoms with van der Waals surface area (Å²) in [5, 5.41) is 13.6. The van der Waals surface area contributed by atoms with E-state index in [2.05, 4.69) is 22.1 Å². The van der Waals surface area contributed by atoms with Gasteiger partial charge in [0.2, 0.25) is 0 Å². The first-order valence-corrected chi connectivity index (χ1v) is 7.72. The number of phenolic OH excluding ortho intramolecular Hbond substituents is 1. The number of aromatic hydroxyl groups is 1. The van der Waals surface area contributed by atoms with Crippen LogP contribution in [0.15, 0.2) is 22.7 Å². The van der Waals surface area contributed by atoms with Gasteiger partial charge in [0.1, 0.15) is 5.75 Å². The van der Waals surface area contributed by atoms with Crippen molar-refractivity contribution in [1.82, 2.24) is 15.0 Å². The Morgan fingerprint density at radius 2 is 2.30 bits per heavy atom. The van der Waals surface area contributed by atoms with E-state index in [1.54, 1.807) is 18.2 Å². The lowest BCUT2D eigenvalue weighted by Crippen LogP contribution is -2.33. The van der Waals surface area contributed by atoms with Crippen molar-refractivity contribution in [3.05, 3.63) is 29.6 Å². The van der Waals surface area contributed by atoms with Crippen LogP contribution in [-0.4, -0.2) is 45.2 Å². The van der Waals surface area contributed by atoms with Gasteiger partial charge in [0.05, 0.1) is 6.04 Å². The Hall–Kier alpha value is -1.53. The fourth-order valence-corrected chi connectivity index (χ4v) is 3.54. The Labute approximate surface area is 122 Å². The summed E-state index contributed by atoms with van der Waals surface area (Å²) in [6, 6.07) is 5.35. The third-order valence-corrected chi connectivity index (χ3v) is 4.60. The summed E-state index contributed by atoms with van der Waals surface area (Å²) in [4.78, 5) is 6.79. The van der Waals surface area contributed by atoms with E-state index in [0.29, 0.717) is 5.89 Å². The minimum atomic E-state index is 0.212. The van der Waals surface area contributed by atoms with Gasteiger partial charge in [-0.2, -0.15) is 16.7 Å². The molecule has 0 aliphatic carbocycles. The summed E-state index contributed by atoms with van der Waals surface area (Å²) in [5.41, 5.74) is 1.79. The summed E-state index contributed by atoms with van der Waals surface area (Å²) in [6.45, 7) is 2.96. The third kappa shape index (κ3) is 2.53. The first-order valence-electron chi connectivity index (χ1n) is 6.57. The molecular weight excluding hydrogens is 274 g/mol. The molecule has 1 aromatic heterocycles. The number of thioether (sulfide) groups is 1. The molecule has 1 saturated heterocycles. The summed E-state index contributed by atoms with van der Waals surface area (Å²) < 4.78 is 5.39. The molecule has 1 aliphatic rings. The second-order valence-electron chi connectivity index (χ2n) is 5.03. The van der Waals surface area contributed by atoms with Crippen LogP contribution >= 0.6 is 11.8 Å². The minimum Gasteiger partial charge on any atom is -0.508 e. The Kier molecular flexibility index (Phi) is 3.67. The number of hydrogen-bond donors (Lipinski definition) is 1. The zero-order chi connectivity index (χ0) is 14.1. The van der Waals surface area contributed by atoms with Crippen LogP contribution in [0.3, 0.4) is 0 Å². The van der Waals surface area contributed by atoms with E-state index in [0.717, 1.165) is 35.0 Å². The van der Waals surface area contributed by atoms with Gasteiger partial charge >= 0.3 is 0 Å². The second-order valence-corrected chi connectivity index (χ2v) is 6.18. The second kappa shape index (κ2) is 5.46. The Morgan fingerprint density at radius 1 is 1.45 bits per heavy atom. The van der Waals surface area contributed by atoms with Crippen molar-refractivity contribution < 1.29 is 9.63 Å². The average Bonchev–Trinajstić information content (AvgIpc) is 2.88. The quantitative estimate of drug-likeness (QED) is 0.917. The average molecular weight is 291 g/mol. The molecular formula is C14H17N3O2S. The van der Waals surface area contributed by atoms with Crippen LogP contribution in [0.25, 0.3) is 11.5 Å². The fraction of sp³-hybridized carbons (Fsp3) is 0.429. The van der Waals surface area contributed by atoms with Gasteiger partial charge in [-0.25, -0.2) is 0 Å². The van der Waals surface area contributed by atoms with Gasteiger partial charge in [-0.05, 0) is 37.7 Å². The van der Waals surface area contributed by atoms with Crippen LogP contribution in [0, 0.1) is 6.92 Å². The van der Waals surface area contributed by atoms with E-state index in [-0.39, 0.29) is 11.8 Å². The molecule has 1 aromatic carbocycles. The molecule has 1 N–H and O–H groups in total. The largest absolute Gasteiger partial charge is 0.508 e. The monoisotopic (exact) mass is 291 g/mol. The first kappa shape index (κ1) is 13.5. The maximum Gasteiger partial charge on any atom is 0.258 e. The van der Waals surface area contributed by atoms with Crippen LogP contribution < -0.4 is 0 Å². The maximum absolute atomic E-state index is 9.45. The highest BCUT2D eigenvalue weighted by Gasteiger charge is 2.26. The summed E-state index contributed by atoms with van der Waals surface area (Å²) >= 11 is 1.92. The predicted molar refractivity (Wildman–Crippen MR) is 78.8 cm³/mol. The van der Waals surface area contributed by atoms with E-state index in [4.69, 9.17) is 4.52 Å². The lowest BCUT2D eigenvalue weighted by atomic mass is 10.1. The molecule has 1 atom stereocenters. The van der Waals surface area contributed by atoms with Crippen LogP contribution in [0.2, 0.25) is 0 Å². The predicted octanol–water partition coefficient (Wildman–Crippen LogP) is 2.47. The van der Waals surface area contributed by atoms with Crippen LogP contribution in [0.1, 0.15) is 17.4 Å². The normalized spacial score (nSPS) is 20.2. The van der Waals surface area contributed by atoms with E-state index in [1.807, 2.05) is 18.7 Å². The van der Waals surface area contributed by atoms with Gasteiger partial charge < -0.3 is 9.63 Å². The molecule has 0 amide bonds. The number of phenols is 1. The molecule has 1 aliphatic heterocycles. The molecule has 6 heteroatoms. The summed E-state index contributed by atoms with van der Waals surface area (Å²) in [6.07, 6.45) is 0. The standard InChI is InChI=1S/C14H17N3O2S/c1-9-7-10(18)3-4-11(9)14-15-13(16-19-14)12-8-20-6-5-17(12)2/h3-4,7,12,18H,5-6,8H2,1-2H3. The van der Waals surface area contributed by atoms with Crippen LogP contribution in [0.5, 0.6) is 5.75 Å². The smallest absolute Gasteiger partial charge is 0.258 e. The first-order chi connectivity index (χ1) is 9.65. The highest BCUT2D eigenvalue weighted by Crippen LogP contribution is 2.29. The van der Waals surface area contributed by atoms with Crippen molar-refractivity contribution in [3.8, 4) is 17.2 Å². The number of nitrogens with zero attached hydrogens (tertiary/aromatic N) is 3. The topological polar surface area (TPSA) is 62.4 Å². The van der Waals surface area contributed by atoms with Gasteiger partial charge in [0, 0.05) is 23.6 Å². The van der Waals surface area contributed by atoms with Crippen molar-refractivity contribution in [2.24, 2.45) is 0 Å². The van der Waals surface area contributed by atoms with Crippen molar-refractivity contribution in [2.45, 2.75) is 13.0 Å². The van der Waals surface area contributed by atoms with Crippen molar-refractivity contribution in [2.75, 3.05) is 25.1 Å². The van der Waals surface area contributed by atoms with E-state index in [1.165, 1.54) is 0 Å². The van der Waals surface area contributed by atoms with Crippen molar-refractivity contribution in [1.29, 1.82) is 0 Å². The number of hydrogen-bond acceptors (Lipinski definition) is 6. The van der Waals surface area contributed by atoms with Crippen LogP contribution in [-0.2, 0) is 0 Å².